The van der Waals surface area contributed by atoms with Gasteiger partial charge in [0.1, 0.15) is 18.0 Å². The molecule has 0 unspecified atom stereocenters. The minimum atomic E-state index is -0.0184. The molecule has 7 heteroatoms. The fraction of sp³-hybridized carbons (Fsp3) is 0.643. The number of hydrogen-bond donors (Lipinski definition) is 3. The molecule has 4 N–H and O–H groups in total. The first-order valence-corrected chi connectivity index (χ1v) is 7.38. The van der Waals surface area contributed by atoms with Crippen molar-refractivity contribution < 1.29 is 4.79 Å². The Morgan fingerprint density at radius 1 is 1.38 bits per heavy atom. The fourth-order valence-corrected chi connectivity index (χ4v) is 2.16. The summed E-state index contributed by atoms with van der Waals surface area (Å²) in [6, 6.07) is 0.123. The van der Waals surface area contributed by atoms with Gasteiger partial charge >= 0.3 is 0 Å². The minimum absolute atomic E-state index is 0.0184. The fourth-order valence-electron chi connectivity index (χ4n) is 2.16. The van der Waals surface area contributed by atoms with Crippen LogP contribution in [0.5, 0.6) is 0 Å². The highest BCUT2D eigenvalue weighted by Crippen LogP contribution is 2.24. The summed E-state index contributed by atoms with van der Waals surface area (Å²) in [4.78, 5) is 22.4. The van der Waals surface area contributed by atoms with E-state index in [0.717, 1.165) is 24.2 Å². The maximum Gasteiger partial charge on any atom is 0.239 e. The third-order valence-electron chi connectivity index (χ3n) is 3.02. The van der Waals surface area contributed by atoms with E-state index in [1.54, 1.807) is 0 Å². The first-order valence-electron chi connectivity index (χ1n) is 7.38. The van der Waals surface area contributed by atoms with Gasteiger partial charge < -0.3 is 15.6 Å². The number of carbonyl (C=O) groups is 1. The first-order chi connectivity index (χ1) is 10.0. The Morgan fingerprint density at radius 3 is 2.62 bits per heavy atom. The topological polar surface area (TPSA) is 96.2 Å². The van der Waals surface area contributed by atoms with Crippen LogP contribution in [-0.4, -0.2) is 35.0 Å². The third kappa shape index (κ3) is 4.86. The van der Waals surface area contributed by atoms with E-state index in [4.69, 9.17) is 5.84 Å². The normalized spacial score (nSPS) is 10.6. The van der Waals surface area contributed by atoms with Crippen molar-refractivity contribution in [2.45, 2.75) is 46.6 Å². The standard InChI is InChI=1S/C14H26N6O/c1-5-7-11-13(19-15)16-9-17-14(11)20(6-2)8-12(21)18-10(3)4/h9-10H,5-8,15H2,1-4H3,(H,18,21)(H,16,17,19). The lowest BCUT2D eigenvalue weighted by Gasteiger charge is -2.25. The number of likely N-dealkylation sites (N-methyl/N-ethyl adjacent to an activating group) is 1. The highest BCUT2D eigenvalue weighted by atomic mass is 16.2. The lowest BCUT2D eigenvalue weighted by molar-refractivity contribution is -0.120. The number of nitrogens with two attached hydrogens (primary N) is 1. The monoisotopic (exact) mass is 294 g/mol. The average molecular weight is 294 g/mol. The molecule has 0 aromatic carbocycles. The van der Waals surface area contributed by atoms with Gasteiger partial charge in [-0.3, -0.25) is 4.79 Å². The average Bonchev–Trinajstić information content (AvgIpc) is 2.44. The van der Waals surface area contributed by atoms with Gasteiger partial charge in [0, 0.05) is 18.2 Å². The summed E-state index contributed by atoms with van der Waals surface area (Å²) < 4.78 is 0. The second-order valence-corrected chi connectivity index (χ2v) is 5.16. The van der Waals surface area contributed by atoms with Crippen LogP contribution in [-0.2, 0) is 11.2 Å². The van der Waals surface area contributed by atoms with Crippen molar-refractivity contribution >= 4 is 17.5 Å². The van der Waals surface area contributed by atoms with Gasteiger partial charge in [-0.25, -0.2) is 15.8 Å². The van der Waals surface area contributed by atoms with Gasteiger partial charge in [0.05, 0.1) is 6.54 Å². The van der Waals surface area contributed by atoms with Crippen LogP contribution in [0.2, 0.25) is 0 Å². The Balaban J connectivity index is 3.01. The molecule has 1 amide bonds. The number of aromatic nitrogens is 2. The van der Waals surface area contributed by atoms with Crippen LogP contribution < -0.4 is 21.5 Å². The van der Waals surface area contributed by atoms with E-state index in [9.17, 15) is 4.79 Å². The molecule has 0 radical (unpaired) electrons. The molecule has 1 aromatic heterocycles. The predicted molar refractivity (Wildman–Crippen MR) is 85.0 cm³/mol. The lowest BCUT2D eigenvalue weighted by atomic mass is 10.1. The molecule has 0 bridgehead atoms. The molecule has 21 heavy (non-hydrogen) atoms. The van der Waals surface area contributed by atoms with Crippen molar-refractivity contribution in [3.8, 4) is 0 Å². The molecule has 0 aliphatic rings. The van der Waals surface area contributed by atoms with Gasteiger partial charge in [0.15, 0.2) is 0 Å². The zero-order chi connectivity index (χ0) is 15.8. The number of nitrogen functional groups attached to an aromatic ring is 1. The van der Waals surface area contributed by atoms with Crippen LogP contribution in [0.25, 0.3) is 0 Å². The van der Waals surface area contributed by atoms with Crippen molar-refractivity contribution in [2.24, 2.45) is 5.84 Å². The van der Waals surface area contributed by atoms with Gasteiger partial charge in [0.25, 0.3) is 0 Å². The number of nitrogens with zero attached hydrogens (tertiary/aromatic N) is 3. The Morgan fingerprint density at radius 2 is 2.10 bits per heavy atom. The van der Waals surface area contributed by atoms with Gasteiger partial charge in [-0.2, -0.15) is 0 Å². The van der Waals surface area contributed by atoms with Crippen molar-refractivity contribution in [3.05, 3.63) is 11.9 Å². The smallest absolute Gasteiger partial charge is 0.239 e. The molecule has 7 nitrogen and oxygen atoms in total. The maximum absolute atomic E-state index is 12.0. The molecule has 0 saturated carbocycles. The molecule has 1 heterocycles. The summed E-state index contributed by atoms with van der Waals surface area (Å²) in [5, 5.41) is 2.89. The zero-order valence-corrected chi connectivity index (χ0v) is 13.3. The van der Waals surface area contributed by atoms with Gasteiger partial charge in [-0.1, -0.05) is 13.3 Å². The Kier molecular flexibility index (Phi) is 6.87. The SMILES string of the molecule is CCCc1c(NN)ncnc1N(CC)CC(=O)NC(C)C. The second-order valence-electron chi connectivity index (χ2n) is 5.16. The highest BCUT2D eigenvalue weighted by molar-refractivity contribution is 5.81. The summed E-state index contributed by atoms with van der Waals surface area (Å²) in [6.07, 6.45) is 3.22. The minimum Gasteiger partial charge on any atom is -0.352 e. The lowest BCUT2D eigenvalue weighted by Crippen LogP contribution is -2.40. The molecule has 0 saturated heterocycles. The van der Waals surface area contributed by atoms with Crippen LogP contribution in [0.4, 0.5) is 11.6 Å². The molecule has 1 aromatic rings. The summed E-state index contributed by atoms with van der Waals surface area (Å²) in [7, 11) is 0. The van der Waals surface area contributed by atoms with Gasteiger partial charge in [0.2, 0.25) is 5.91 Å². The van der Waals surface area contributed by atoms with Crippen molar-refractivity contribution in [2.75, 3.05) is 23.4 Å². The number of nitrogens with one attached hydrogen (secondary N) is 2. The number of rotatable bonds is 8. The second kappa shape index (κ2) is 8.41. The zero-order valence-electron chi connectivity index (χ0n) is 13.3. The van der Waals surface area contributed by atoms with E-state index in [-0.39, 0.29) is 18.5 Å². The number of hydrogen-bond acceptors (Lipinski definition) is 6. The number of hydrazine groups is 1. The van der Waals surface area contributed by atoms with Gasteiger partial charge in [-0.05, 0) is 27.2 Å². The van der Waals surface area contributed by atoms with E-state index >= 15 is 0 Å². The summed E-state index contributed by atoms with van der Waals surface area (Å²) in [5.41, 5.74) is 3.55. The molecule has 1 rings (SSSR count). The molecule has 0 aliphatic heterocycles. The first kappa shape index (κ1) is 17.2. The predicted octanol–water partition coefficient (Wildman–Crippen LogP) is 1.07. The van der Waals surface area contributed by atoms with E-state index < -0.39 is 0 Å². The van der Waals surface area contributed by atoms with E-state index in [1.807, 2.05) is 25.7 Å². The molecular formula is C14H26N6O. The van der Waals surface area contributed by atoms with Crippen LogP contribution in [0.1, 0.15) is 39.7 Å². The van der Waals surface area contributed by atoms with Crippen molar-refractivity contribution in [1.82, 2.24) is 15.3 Å². The summed E-state index contributed by atoms with van der Waals surface area (Å²) in [6.45, 7) is 8.92. The maximum atomic E-state index is 12.0. The quantitative estimate of drug-likeness (QED) is 0.490. The Bertz CT molecular complexity index is 463. The molecule has 118 valence electrons. The number of anilines is 2. The van der Waals surface area contributed by atoms with E-state index in [1.165, 1.54) is 6.33 Å². The van der Waals surface area contributed by atoms with Crippen LogP contribution in [0.3, 0.4) is 0 Å². The molecule has 0 atom stereocenters. The molecule has 0 spiro atoms. The van der Waals surface area contributed by atoms with Crippen molar-refractivity contribution in [3.63, 3.8) is 0 Å². The molecule has 0 aliphatic carbocycles. The van der Waals surface area contributed by atoms with Crippen molar-refractivity contribution in [1.29, 1.82) is 0 Å². The Labute approximate surface area is 126 Å². The largest absolute Gasteiger partial charge is 0.352 e. The van der Waals surface area contributed by atoms with Crippen LogP contribution in [0, 0.1) is 0 Å². The Hall–Kier alpha value is -1.89. The van der Waals surface area contributed by atoms with E-state index in [2.05, 4.69) is 27.6 Å². The summed E-state index contributed by atoms with van der Waals surface area (Å²) >= 11 is 0. The molecule has 0 fully saturated rings. The van der Waals surface area contributed by atoms with Crippen LogP contribution >= 0.6 is 0 Å². The van der Waals surface area contributed by atoms with E-state index in [0.29, 0.717) is 12.4 Å². The number of amides is 1. The van der Waals surface area contributed by atoms with Crippen LogP contribution in [0.15, 0.2) is 6.33 Å². The molecular weight excluding hydrogens is 268 g/mol. The highest BCUT2D eigenvalue weighted by Gasteiger charge is 2.18. The number of carbonyl (C=O) groups excluding carboxylic acids is 1. The third-order valence-corrected chi connectivity index (χ3v) is 3.02. The summed E-state index contributed by atoms with van der Waals surface area (Å²) in [5.74, 6) is 6.88. The van der Waals surface area contributed by atoms with Gasteiger partial charge in [-0.15, -0.1) is 0 Å².